The van der Waals surface area contributed by atoms with Gasteiger partial charge in [0.05, 0.1) is 11.5 Å². The maximum atomic E-state index is 12.8. The van der Waals surface area contributed by atoms with Crippen molar-refractivity contribution in [3.05, 3.63) is 11.6 Å². The molecule has 4 fully saturated rings. The van der Waals surface area contributed by atoms with Gasteiger partial charge in [-0.25, -0.2) is 0 Å². The fraction of sp³-hybridized carbons (Fsp3) is 0.875. The lowest BCUT2D eigenvalue weighted by atomic mass is 9.33. The van der Waals surface area contributed by atoms with Crippen molar-refractivity contribution < 1.29 is 19.8 Å². The molecule has 0 radical (unpaired) electrons. The normalized spacial score (nSPS) is 51.0. The van der Waals surface area contributed by atoms with Gasteiger partial charge in [-0.3, -0.25) is 9.59 Å². The zero-order valence-corrected chi connectivity index (χ0v) is 24.0. The fourth-order valence-corrected chi connectivity index (χ4v) is 11.2. The van der Waals surface area contributed by atoms with E-state index in [1.807, 2.05) is 0 Å². The summed E-state index contributed by atoms with van der Waals surface area (Å²) in [5.41, 5.74) is 0.729. The van der Waals surface area contributed by atoms with Gasteiger partial charge >= 0.3 is 5.97 Å². The maximum absolute atomic E-state index is 12.8. The first-order valence-electron chi connectivity index (χ1n) is 14.6. The van der Waals surface area contributed by atoms with Crippen LogP contribution in [0.2, 0.25) is 0 Å². The minimum absolute atomic E-state index is 0.0210. The molecule has 2 N–H and O–H groups in total. The van der Waals surface area contributed by atoms with E-state index in [1.165, 1.54) is 5.57 Å². The first kappa shape index (κ1) is 26.4. The molecule has 36 heavy (non-hydrogen) atoms. The summed E-state index contributed by atoms with van der Waals surface area (Å²) in [6, 6.07) is 0. The number of rotatable bonds is 2. The molecule has 0 bridgehead atoms. The fourth-order valence-electron chi connectivity index (χ4n) is 11.2. The Morgan fingerprint density at radius 1 is 0.889 bits per heavy atom. The van der Waals surface area contributed by atoms with E-state index in [0.717, 1.165) is 57.8 Å². The van der Waals surface area contributed by atoms with Gasteiger partial charge in [0.15, 0.2) is 0 Å². The van der Waals surface area contributed by atoms with E-state index in [-0.39, 0.29) is 44.7 Å². The third-order valence-corrected chi connectivity index (χ3v) is 13.6. The Balaban J connectivity index is 1.61. The first-order valence-corrected chi connectivity index (χ1v) is 14.6. The van der Waals surface area contributed by atoms with E-state index in [4.69, 9.17) is 0 Å². The number of carbonyl (C=O) groups excluding carboxylic acids is 1. The van der Waals surface area contributed by atoms with Gasteiger partial charge in [-0.05, 0) is 110 Å². The van der Waals surface area contributed by atoms with Gasteiger partial charge in [0, 0.05) is 5.92 Å². The van der Waals surface area contributed by atoms with Crippen molar-refractivity contribution in [2.45, 2.75) is 119 Å². The number of hydrogen-bond donors (Lipinski definition) is 2. The second-order valence-electron chi connectivity index (χ2n) is 15.9. The molecular formula is C32H50O4. The average molecular weight is 499 g/mol. The predicted octanol–water partition coefficient (Wildman–Crippen LogP) is 7.05. The minimum atomic E-state index is -0.609. The minimum Gasteiger partial charge on any atom is -0.481 e. The SMILES string of the molecule is CC(=O)[C@@H]1C[C@]2(C)[C@H]3CC=C4[C@@H]5CC(C)(C)CC[C@]5(C(=O)O)CC[C@@]4(C)[C@]3(C)CC[C@H]2C(C)(C)[C@H]1O. The van der Waals surface area contributed by atoms with Gasteiger partial charge in [0.1, 0.15) is 5.78 Å². The molecule has 9 atom stereocenters. The summed E-state index contributed by atoms with van der Waals surface area (Å²) in [6.07, 6.45) is 10.3. The van der Waals surface area contributed by atoms with Crippen LogP contribution in [0, 0.1) is 56.2 Å². The van der Waals surface area contributed by atoms with Crippen LogP contribution < -0.4 is 0 Å². The van der Waals surface area contributed by atoms with Gasteiger partial charge in [-0.1, -0.05) is 60.1 Å². The van der Waals surface area contributed by atoms with Crippen molar-refractivity contribution in [2.75, 3.05) is 0 Å². The molecule has 4 heteroatoms. The van der Waals surface area contributed by atoms with Crippen molar-refractivity contribution in [1.82, 2.24) is 0 Å². The Labute approximate surface area is 218 Å². The zero-order chi connectivity index (χ0) is 26.7. The molecular weight excluding hydrogens is 448 g/mol. The Morgan fingerprint density at radius 3 is 2.14 bits per heavy atom. The number of carbonyl (C=O) groups is 2. The maximum Gasteiger partial charge on any atom is 0.310 e. The Bertz CT molecular complexity index is 1010. The van der Waals surface area contributed by atoms with Crippen molar-refractivity contribution in [3.63, 3.8) is 0 Å². The van der Waals surface area contributed by atoms with Crippen LogP contribution in [0.25, 0.3) is 0 Å². The Morgan fingerprint density at radius 2 is 1.53 bits per heavy atom. The largest absolute Gasteiger partial charge is 0.481 e. The van der Waals surface area contributed by atoms with Crippen molar-refractivity contribution >= 4 is 11.8 Å². The highest BCUT2D eigenvalue weighted by Gasteiger charge is 2.70. The van der Waals surface area contributed by atoms with Gasteiger partial charge in [0.25, 0.3) is 0 Å². The lowest BCUT2D eigenvalue weighted by molar-refractivity contribution is -0.219. The van der Waals surface area contributed by atoms with Crippen LogP contribution in [-0.2, 0) is 9.59 Å². The Kier molecular flexibility index (Phi) is 5.66. The van der Waals surface area contributed by atoms with E-state index < -0.39 is 17.5 Å². The van der Waals surface area contributed by atoms with Crippen molar-refractivity contribution in [3.8, 4) is 0 Å². The molecule has 4 nitrogen and oxygen atoms in total. The first-order chi connectivity index (χ1) is 16.5. The number of carboxylic acid groups (broad SMARTS) is 1. The number of fused-ring (bicyclic) bond motifs is 7. The molecule has 5 aliphatic rings. The smallest absolute Gasteiger partial charge is 0.310 e. The average Bonchev–Trinajstić information content (AvgIpc) is 2.76. The van der Waals surface area contributed by atoms with Crippen LogP contribution in [0.5, 0.6) is 0 Å². The highest BCUT2D eigenvalue weighted by atomic mass is 16.4. The third kappa shape index (κ3) is 3.15. The lowest BCUT2D eigenvalue weighted by Gasteiger charge is -2.71. The molecule has 0 heterocycles. The van der Waals surface area contributed by atoms with E-state index in [1.54, 1.807) is 6.92 Å². The van der Waals surface area contributed by atoms with Crippen LogP contribution in [0.3, 0.4) is 0 Å². The summed E-state index contributed by atoms with van der Waals surface area (Å²) < 4.78 is 0. The molecule has 5 rings (SSSR count). The van der Waals surface area contributed by atoms with Gasteiger partial charge < -0.3 is 10.2 Å². The topological polar surface area (TPSA) is 74.6 Å². The second-order valence-corrected chi connectivity index (χ2v) is 15.9. The molecule has 0 spiro atoms. The zero-order valence-electron chi connectivity index (χ0n) is 24.0. The lowest BCUT2D eigenvalue weighted by Crippen LogP contribution is -2.66. The quantitative estimate of drug-likeness (QED) is 0.400. The number of hydrogen-bond acceptors (Lipinski definition) is 3. The van der Waals surface area contributed by atoms with Crippen LogP contribution in [0.15, 0.2) is 11.6 Å². The molecule has 5 aliphatic carbocycles. The molecule has 0 aromatic heterocycles. The molecule has 0 aliphatic heterocycles. The molecule has 0 amide bonds. The van der Waals surface area contributed by atoms with Gasteiger partial charge in [-0.2, -0.15) is 0 Å². The molecule has 0 aromatic carbocycles. The van der Waals surface area contributed by atoms with Gasteiger partial charge in [-0.15, -0.1) is 0 Å². The number of ketones is 1. The van der Waals surface area contributed by atoms with E-state index >= 15 is 0 Å². The van der Waals surface area contributed by atoms with Crippen LogP contribution in [0.1, 0.15) is 113 Å². The molecule has 4 saturated carbocycles. The Hall–Kier alpha value is -1.16. The number of aliphatic hydroxyl groups excluding tert-OH is 1. The number of aliphatic hydroxyl groups is 1. The summed E-state index contributed by atoms with van der Waals surface area (Å²) in [5, 5.41) is 21.8. The van der Waals surface area contributed by atoms with Gasteiger partial charge in [0.2, 0.25) is 0 Å². The third-order valence-electron chi connectivity index (χ3n) is 13.6. The van der Waals surface area contributed by atoms with E-state index in [9.17, 15) is 19.8 Å². The highest BCUT2D eigenvalue weighted by molar-refractivity contribution is 5.79. The summed E-state index contributed by atoms with van der Waals surface area (Å²) >= 11 is 0. The highest BCUT2D eigenvalue weighted by Crippen LogP contribution is 2.76. The summed E-state index contributed by atoms with van der Waals surface area (Å²) in [6.45, 7) is 18.1. The van der Waals surface area contributed by atoms with Crippen LogP contribution in [-0.4, -0.2) is 28.1 Å². The van der Waals surface area contributed by atoms with Crippen molar-refractivity contribution in [1.29, 1.82) is 0 Å². The monoisotopic (exact) mass is 498 g/mol. The second kappa shape index (κ2) is 7.70. The number of carboxylic acids is 1. The molecule has 0 saturated heterocycles. The van der Waals surface area contributed by atoms with E-state index in [0.29, 0.717) is 11.8 Å². The summed E-state index contributed by atoms with van der Waals surface area (Å²) in [4.78, 5) is 25.6. The van der Waals surface area contributed by atoms with Crippen LogP contribution in [0.4, 0.5) is 0 Å². The summed E-state index contributed by atoms with van der Waals surface area (Å²) in [7, 11) is 0. The van der Waals surface area contributed by atoms with Crippen molar-refractivity contribution in [2.24, 2.45) is 56.2 Å². The van der Waals surface area contributed by atoms with E-state index in [2.05, 4.69) is 54.5 Å². The number of Topliss-reactive ketones (excluding diaryl/α,β-unsaturated/α-hetero) is 1. The molecule has 202 valence electrons. The number of allylic oxidation sites excluding steroid dienone is 2. The number of aliphatic carboxylic acids is 1. The standard InChI is InChI=1S/C32H50O4/c1-19(33)20-17-29(6)23(28(4,5)25(20)34)11-12-31(8)24(29)10-9-21-22-18-27(2,3)13-15-32(22,26(35)36)16-14-30(21,31)7/h9,20,22-25,34H,10-18H2,1-8H3,(H,35,36)/t20-,22-,23-,24+,25-,29-,30+,31+,32-/m0/s1. The van der Waals surface area contributed by atoms with Crippen LogP contribution >= 0.6 is 0 Å². The molecule has 0 unspecified atom stereocenters. The summed E-state index contributed by atoms with van der Waals surface area (Å²) in [5.74, 6) is 0.167. The molecule has 0 aromatic rings. The predicted molar refractivity (Wildman–Crippen MR) is 142 cm³/mol.